The van der Waals surface area contributed by atoms with Gasteiger partial charge in [0.05, 0.1) is 5.57 Å². The Morgan fingerprint density at radius 1 is 0.833 bits per heavy atom. The number of hydrogen-bond donors (Lipinski definition) is 0. The Morgan fingerprint density at radius 3 is 1.89 bits per heavy atom. The summed E-state index contributed by atoms with van der Waals surface area (Å²) in [5, 5.41) is 26.7. The van der Waals surface area contributed by atoms with E-state index in [1.165, 1.54) is 23.6 Å². The van der Waals surface area contributed by atoms with Crippen molar-refractivity contribution >= 4 is 29.7 Å². The Hall–Kier alpha value is -5.04. The second-order valence-electron chi connectivity index (χ2n) is 7.16. The van der Waals surface area contributed by atoms with Crippen molar-refractivity contribution in [1.29, 1.82) is 15.8 Å². The Bertz CT molecular complexity index is 1520. The van der Waals surface area contributed by atoms with Gasteiger partial charge in [0.1, 0.15) is 69.8 Å². The lowest BCUT2D eigenvalue weighted by molar-refractivity contribution is 0.174. The lowest BCUT2D eigenvalue weighted by Crippen LogP contribution is -2.14. The first-order chi connectivity index (χ1) is 17.7. The summed E-state index contributed by atoms with van der Waals surface area (Å²) >= 11 is 1.43. The molecular formula is C27H18N4O4S. The van der Waals surface area contributed by atoms with Crippen molar-refractivity contribution in [3.63, 3.8) is 0 Å². The molecule has 4 rings (SSSR count). The van der Waals surface area contributed by atoms with Crippen LogP contribution in [0.3, 0.4) is 0 Å². The largest absolute Gasteiger partial charge is 0.484 e. The van der Waals surface area contributed by atoms with Gasteiger partial charge >= 0.3 is 0 Å². The van der Waals surface area contributed by atoms with Crippen LogP contribution in [0.25, 0.3) is 33.4 Å². The normalized spacial score (nSPS) is 13.1. The lowest BCUT2D eigenvalue weighted by Gasteiger charge is -2.16. The summed E-state index contributed by atoms with van der Waals surface area (Å²) in [6.45, 7) is 0.837. The summed E-state index contributed by atoms with van der Waals surface area (Å²) in [6, 6.07) is 12.9. The van der Waals surface area contributed by atoms with Crippen LogP contribution in [-0.2, 0) is 0 Å². The van der Waals surface area contributed by atoms with Crippen LogP contribution in [0, 0.1) is 34.0 Å². The summed E-state index contributed by atoms with van der Waals surface area (Å²) in [6.07, 6.45) is 11.3. The van der Waals surface area contributed by atoms with Gasteiger partial charge in [-0.1, -0.05) is 12.2 Å². The number of thiophene rings is 1. The average Bonchev–Trinajstić information content (AvgIpc) is 3.64. The molecule has 0 aromatic carbocycles. The van der Waals surface area contributed by atoms with E-state index in [0.717, 1.165) is 9.75 Å². The Balaban J connectivity index is 1.62. The predicted molar refractivity (Wildman–Crippen MR) is 136 cm³/mol. The summed E-state index contributed by atoms with van der Waals surface area (Å²) in [4.78, 5) is 5.38. The highest BCUT2D eigenvalue weighted by molar-refractivity contribution is 7.19. The molecule has 0 bridgehead atoms. The molecule has 3 aromatic heterocycles. The quantitative estimate of drug-likeness (QED) is 0.217. The molecule has 0 fully saturated rings. The minimum Gasteiger partial charge on any atom is -0.484 e. The van der Waals surface area contributed by atoms with E-state index in [0.29, 0.717) is 53.3 Å². The maximum atomic E-state index is 9.07. The minimum absolute atomic E-state index is 0.00420. The van der Waals surface area contributed by atoms with Crippen LogP contribution in [0.4, 0.5) is 0 Å². The number of aliphatic imine (C=N–C) groups is 1. The Labute approximate surface area is 211 Å². The lowest BCUT2D eigenvalue weighted by atomic mass is 10.2. The van der Waals surface area contributed by atoms with E-state index in [1.807, 2.05) is 18.2 Å². The van der Waals surface area contributed by atoms with Crippen molar-refractivity contribution in [2.24, 2.45) is 4.99 Å². The molecule has 176 valence electrons. The third-order valence-electron chi connectivity index (χ3n) is 4.80. The standard InChI is InChI=1S/C27H18N4O4S/c1-31-17-19(16-30)5-3-7-21-9-11-23(35-21)27-25-24(32-12-13-33-25)26(36-27)22-10-8-20(34-22)6-2-4-18(14-28)15-29/h2-11,17H,12-13H2,1H3/b6-2+,7-3+,19-5+,31-17-. The molecule has 0 aliphatic carbocycles. The number of hydrogen-bond acceptors (Lipinski definition) is 9. The second kappa shape index (κ2) is 11.4. The third-order valence-corrected chi connectivity index (χ3v) is 5.98. The first-order valence-corrected chi connectivity index (χ1v) is 11.5. The number of allylic oxidation sites excluding steroid dienone is 6. The van der Waals surface area contributed by atoms with E-state index in [4.69, 9.17) is 34.1 Å². The molecule has 0 saturated heterocycles. The van der Waals surface area contributed by atoms with Crippen molar-refractivity contribution in [1.82, 2.24) is 0 Å². The van der Waals surface area contributed by atoms with Crippen LogP contribution < -0.4 is 9.47 Å². The molecule has 0 unspecified atom stereocenters. The number of rotatable bonds is 7. The minimum atomic E-state index is 0.00420. The average molecular weight is 495 g/mol. The Morgan fingerprint density at radius 2 is 1.39 bits per heavy atom. The van der Waals surface area contributed by atoms with Crippen LogP contribution in [0.5, 0.6) is 11.5 Å². The number of nitriles is 3. The van der Waals surface area contributed by atoms with E-state index in [2.05, 4.69) is 11.1 Å². The topological polar surface area (TPSA) is 128 Å². The van der Waals surface area contributed by atoms with Crippen LogP contribution in [0.15, 0.2) is 73.5 Å². The Kier molecular flexibility index (Phi) is 7.63. The fourth-order valence-corrected chi connectivity index (χ4v) is 4.35. The smallest absolute Gasteiger partial charge is 0.183 e. The van der Waals surface area contributed by atoms with Gasteiger partial charge in [0.25, 0.3) is 0 Å². The van der Waals surface area contributed by atoms with Gasteiger partial charge in [-0.05, 0) is 48.6 Å². The zero-order valence-corrected chi connectivity index (χ0v) is 19.9. The number of nitrogens with zero attached hydrogens (tertiary/aromatic N) is 4. The molecule has 1 aliphatic rings. The molecular weight excluding hydrogens is 476 g/mol. The van der Waals surface area contributed by atoms with Crippen molar-refractivity contribution in [2.75, 3.05) is 20.3 Å². The molecule has 0 amide bonds. The van der Waals surface area contributed by atoms with Gasteiger partial charge in [-0.25, -0.2) is 0 Å². The van der Waals surface area contributed by atoms with Crippen molar-refractivity contribution in [2.45, 2.75) is 0 Å². The van der Waals surface area contributed by atoms with E-state index < -0.39 is 0 Å². The highest BCUT2D eigenvalue weighted by atomic mass is 32.1. The summed E-state index contributed by atoms with van der Waals surface area (Å²) in [5.74, 6) is 3.57. The number of ether oxygens (including phenoxy) is 2. The van der Waals surface area contributed by atoms with Gasteiger partial charge in [-0.2, -0.15) is 15.8 Å². The van der Waals surface area contributed by atoms with Crippen LogP contribution >= 0.6 is 11.3 Å². The van der Waals surface area contributed by atoms with Crippen molar-refractivity contribution in [3.8, 4) is 51.0 Å². The highest BCUT2D eigenvalue weighted by Gasteiger charge is 2.29. The second-order valence-corrected chi connectivity index (χ2v) is 8.18. The van der Waals surface area contributed by atoms with Gasteiger partial charge in [0, 0.05) is 13.3 Å². The van der Waals surface area contributed by atoms with E-state index in [9.17, 15) is 0 Å². The van der Waals surface area contributed by atoms with E-state index in [-0.39, 0.29) is 5.57 Å². The molecule has 0 radical (unpaired) electrons. The van der Waals surface area contributed by atoms with Crippen LogP contribution in [-0.4, -0.2) is 26.5 Å². The van der Waals surface area contributed by atoms with Gasteiger partial charge < -0.3 is 18.3 Å². The molecule has 36 heavy (non-hydrogen) atoms. The molecule has 9 heteroatoms. The number of furan rings is 2. The number of fused-ring (bicyclic) bond motifs is 1. The van der Waals surface area contributed by atoms with E-state index in [1.54, 1.807) is 55.6 Å². The first-order valence-electron chi connectivity index (χ1n) is 10.7. The molecule has 8 nitrogen and oxygen atoms in total. The molecule has 0 N–H and O–H groups in total. The fraction of sp³-hybridized carbons (Fsp3) is 0.111. The van der Waals surface area contributed by atoms with Crippen molar-refractivity contribution < 1.29 is 18.3 Å². The summed E-state index contributed by atoms with van der Waals surface area (Å²) < 4.78 is 23.8. The maximum Gasteiger partial charge on any atom is 0.183 e. The van der Waals surface area contributed by atoms with Crippen molar-refractivity contribution in [3.05, 3.63) is 71.2 Å². The maximum absolute atomic E-state index is 9.07. The highest BCUT2D eigenvalue weighted by Crippen LogP contribution is 2.54. The van der Waals surface area contributed by atoms with Crippen LogP contribution in [0.1, 0.15) is 11.5 Å². The zero-order chi connectivity index (χ0) is 25.3. The molecule has 1 aliphatic heterocycles. The van der Waals surface area contributed by atoms with Gasteiger partial charge in [0.15, 0.2) is 11.5 Å². The predicted octanol–water partition coefficient (Wildman–Crippen LogP) is 6.19. The third kappa shape index (κ3) is 5.37. The molecule has 0 spiro atoms. The molecule has 4 heterocycles. The van der Waals surface area contributed by atoms with E-state index >= 15 is 0 Å². The fourth-order valence-electron chi connectivity index (χ4n) is 3.24. The SMILES string of the molecule is C\N=C/C(C#N)=C/C=C/c1ccc(-c2sc(-c3ccc(/C=C/C=C(C#N)C#N)o3)c3c2OCCO3)o1. The van der Waals surface area contributed by atoms with Gasteiger partial charge in [-0.15, -0.1) is 11.3 Å². The zero-order valence-electron chi connectivity index (χ0n) is 19.1. The van der Waals surface area contributed by atoms with Gasteiger partial charge in [-0.3, -0.25) is 4.99 Å². The van der Waals surface area contributed by atoms with Gasteiger partial charge in [0.2, 0.25) is 0 Å². The molecule has 3 aromatic rings. The molecule has 0 saturated carbocycles. The summed E-state index contributed by atoms with van der Waals surface area (Å²) in [7, 11) is 1.61. The molecule has 0 atom stereocenters. The monoisotopic (exact) mass is 494 g/mol. The summed E-state index contributed by atoms with van der Waals surface area (Å²) in [5.41, 5.74) is 0.437. The first kappa shape index (κ1) is 24.1. The van der Waals surface area contributed by atoms with Crippen LogP contribution in [0.2, 0.25) is 0 Å².